The van der Waals surface area contributed by atoms with Crippen LogP contribution in [0, 0.1) is 6.92 Å². The highest BCUT2D eigenvalue weighted by Crippen LogP contribution is 2.26. The monoisotopic (exact) mass is 575 g/mol. The largest absolute Gasteiger partial charge is 0.354 e. The van der Waals surface area contributed by atoms with E-state index in [2.05, 4.69) is 5.32 Å². The van der Waals surface area contributed by atoms with Crippen LogP contribution in [0.4, 0.5) is 5.69 Å². The molecule has 1 N–H and O–H groups in total. The number of benzene rings is 3. The first-order valence-corrected chi connectivity index (χ1v) is 14.4. The Labute approximate surface area is 234 Å². The number of aryl methyl sites for hydroxylation is 1. The quantitative estimate of drug-likeness (QED) is 0.330. The summed E-state index contributed by atoms with van der Waals surface area (Å²) in [6.45, 7) is 5.36. The van der Waals surface area contributed by atoms with Gasteiger partial charge in [0.15, 0.2) is 0 Å². The minimum absolute atomic E-state index is 0.0312. The predicted molar refractivity (Wildman–Crippen MR) is 152 cm³/mol. The fourth-order valence-corrected chi connectivity index (χ4v) is 5.59. The number of anilines is 1. The van der Waals surface area contributed by atoms with Gasteiger partial charge in [-0.3, -0.25) is 13.9 Å². The average molecular weight is 577 g/mol. The van der Waals surface area contributed by atoms with Crippen molar-refractivity contribution in [2.75, 3.05) is 17.4 Å². The van der Waals surface area contributed by atoms with Gasteiger partial charge in [0.2, 0.25) is 11.8 Å². The molecule has 3 aromatic rings. The van der Waals surface area contributed by atoms with Gasteiger partial charge in [-0.05, 0) is 67.8 Å². The molecular formula is C28H31Cl2N3O4S. The molecule has 0 saturated carbocycles. The summed E-state index contributed by atoms with van der Waals surface area (Å²) in [5.74, 6) is -0.885. The Kier molecular flexibility index (Phi) is 10.2. The van der Waals surface area contributed by atoms with E-state index in [4.69, 9.17) is 23.2 Å². The fourth-order valence-electron chi connectivity index (χ4n) is 3.84. The van der Waals surface area contributed by atoms with Crippen molar-refractivity contribution < 1.29 is 18.0 Å². The lowest BCUT2D eigenvalue weighted by molar-refractivity contribution is -0.139. The highest BCUT2D eigenvalue weighted by atomic mass is 35.5. The molecule has 3 rings (SSSR count). The van der Waals surface area contributed by atoms with Gasteiger partial charge in [-0.2, -0.15) is 0 Å². The molecule has 202 valence electrons. The Hall–Kier alpha value is -3.07. The molecule has 0 aromatic heterocycles. The second-order valence-electron chi connectivity index (χ2n) is 8.90. The normalized spacial score (nSPS) is 12.0. The van der Waals surface area contributed by atoms with Crippen LogP contribution in [0.1, 0.15) is 31.4 Å². The molecule has 0 bridgehead atoms. The van der Waals surface area contributed by atoms with E-state index in [1.54, 1.807) is 61.5 Å². The molecule has 0 saturated heterocycles. The molecular weight excluding hydrogens is 545 g/mol. The van der Waals surface area contributed by atoms with Gasteiger partial charge in [0.1, 0.15) is 12.6 Å². The summed E-state index contributed by atoms with van der Waals surface area (Å²) in [4.78, 5) is 28.2. The van der Waals surface area contributed by atoms with Crippen molar-refractivity contribution in [1.29, 1.82) is 0 Å². The molecule has 3 aromatic carbocycles. The third-order valence-electron chi connectivity index (χ3n) is 5.95. The van der Waals surface area contributed by atoms with Gasteiger partial charge in [0.05, 0.1) is 20.6 Å². The molecule has 0 aliphatic heterocycles. The van der Waals surface area contributed by atoms with Gasteiger partial charge in [0, 0.05) is 13.1 Å². The molecule has 0 aliphatic carbocycles. The van der Waals surface area contributed by atoms with Crippen LogP contribution in [0.25, 0.3) is 0 Å². The number of hydrogen-bond donors (Lipinski definition) is 1. The number of carbonyl (C=O) groups excluding carboxylic acids is 2. The lowest BCUT2D eigenvalue weighted by Crippen LogP contribution is -2.51. The lowest BCUT2D eigenvalue weighted by atomic mass is 10.1. The molecule has 0 unspecified atom stereocenters. The van der Waals surface area contributed by atoms with E-state index in [0.29, 0.717) is 27.8 Å². The summed E-state index contributed by atoms with van der Waals surface area (Å²) >= 11 is 12.2. The molecule has 0 spiro atoms. The number of amides is 2. The number of sulfonamides is 1. The van der Waals surface area contributed by atoms with Gasteiger partial charge < -0.3 is 10.2 Å². The fraction of sp³-hybridized carbons (Fsp3) is 0.286. The predicted octanol–water partition coefficient (Wildman–Crippen LogP) is 5.44. The summed E-state index contributed by atoms with van der Waals surface area (Å²) < 4.78 is 28.5. The number of hydrogen-bond acceptors (Lipinski definition) is 4. The maximum Gasteiger partial charge on any atom is 0.264 e. The Morgan fingerprint density at radius 1 is 0.947 bits per heavy atom. The number of carbonyl (C=O) groups is 2. The van der Waals surface area contributed by atoms with Crippen molar-refractivity contribution in [2.45, 2.75) is 44.7 Å². The van der Waals surface area contributed by atoms with Gasteiger partial charge in [0.25, 0.3) is 10.0 Å². The smallest absolute Gasteiger partial charge is 0.264 e. The average Bonchev–Trinajstić information content (AvgIpc) is 2.90. The maximum absolute atomic E-state index is 13.8. The van der Waals surface area contributed by atoms with Crippen molar-refractivity contribution in [2.24, 2.45) is 0 Å². The van der Waals surface area contributed by atoms with E-state index in [-0.39, 0.29) is 17.3 Å². The molecule has 0 heterocycles. The summed E-state index contributed by atoms with van der Waals surface area (Å²) in [7, 11) is -4.10. The summed E-state index contributed by atoms with van der Waals surface area (Å²) in [5.41, 5.74) is 1.83. The van der Waals surface area contributed by atoms with Gasteiger partial charge in [-0.1, -0.05) is 66.5 Å². The molecule has 10 heteroatoms. The Bertz CT molecular complexity index is 1380. The van der Waals surface area contributed by atoms with Crippen molar-refractivity contribution in [1.82, 2.24) is 10.2 Å². The van der Waals surface area contributed by atoms with Gasteiger partial charge in [-0.15, -0.1) is 0 Å². The number of nitrogens with zero attached hydrogens (tertiary/aromatic N) is 2. The summed E-state index contributed by atoms with van der Waals surface area (Å²) in [5, 5.41) is 3.49. The van der Waals surface area contributed by atoms with Crippen molar-refractivity contribution >= 4 is 50.7 Å². The zero-order chi connectivity index (χ0) is 27.9. The van der Waals surface area contributed by atoms with Crippen molar-refractivity contribution in [3.63, 3.8) is 0 Å². The van der Waals surface area contributed by atoms with Crippen LogP contribution in [-0.4, -0.2) is 44.3 Å². The molecule has 1 atom stereocenters. The Morgan fingerprint density at radius 2 is 1.66 bits per heavy atom. The molecule has 0 fully saturated rings. The van der Waals surface area contributed by atoms with E-state index in [1.807, 2.05) is 19.9 Å². The van der Waals surface area contributed by atoms with Crippen LogP contribution in [0.5, 0.6) is 0 Å². The maximum atomic E-state index is 13.8. The van der Waals surface area contributed by atoms with Crippen LogP contribution >= 0.6 is 23.2 Å². The van der Waals surface area contributed by atoms with Crippen molar-refractivity contribution in [3.05, 3.63) is 94.0 Å². The first kappa shape index (κ1) is 29.5. The third kappa shape index (κ3) is 7.28. The summed E-state index contributed by atoms with van der Waals surface area (Å²) in [6.07, 6.45) is 0.732. The van der Waals surface area contributed by atoms with Crippen LogP contribution in [0.15, 0.2) is 77.7 Å². The van der Waals surface area contributed by atoms with E-state index in [9.17, 15) is 18.0 Å². The van der Waals surface area contributed by atoms with Crippen molar-refractivity contribution in [3.8, 4) is 0 Å². The molecule has 0 aliphatic rings. The highest BCUT2D eigenvalue weighted by molar-refractivity contribution is 7.92. The number of nitrogens with one attached hydrogen (secondary N) is 1. The molecule has 7 nitrogen and oxygen atoms in total. The Balaban J connectivity index is 2.02. The van der Waals surface area contributed by atoms with Gasteiger partial charge >= 0.3 is 0 Å². The van der Waals surface area contributed by atoms with Crippen LogP contribution < -0.4 is 9.62 Å². The van der Waals surface area contributed by atoms with E-state index < -0.39 is 28.5 Å². The van der Waals surface area contributed by atoms with Crippen LogP contribution in [-0.2, 0) is 26.2 Å². The second kappa shape index (κ2) is 13.1. The first-order valence-electron chi connectivity index (χ1n) is 12.2. The van der Waals surface area contributed by atoms with Gasteiger partial charge in [-0.25, -0.2) is 8.42 Å². The van der Waals surface area contributed by atoms with E-state index in [1.165, 1.54) is 17.0 Å². The minimum atomic E-state index is -4.10. The SMILES string of the molecule is CCCNC(=O)[C@H](C)N(Cc1ccc(Cl)c(Cl)c1)C(=O)CN(c1cccc(C)c1)S(=O)(=O)c1ccccc1. The minimum Gasteiger partial charge on any atom is -0.354 e. The molecule has 2 amide bonds. The lowest BCUT2D eigenvalue weighted by Gasteiger charge is -2.32. The highest BCUT2D eigenvalue weighted by Gasteiger charge is 2.32. The number of halogens is 2. The zero-order valence-corrected chi connectivity index (χ0v) is 23.9. The first-order chi connectivity index (χ1) is 18.0. The van der Waals surface area contributed by atoms with E-state index >= 15 is 0 Å². The zero-order valence-electron chi connectivity index (χ0n) is 21.5. The van der Waals surface area contributed by atoms with Crippen LogP contribution in [0.2, 0.25) is 10.0 Å². The third-order valence-corrected chi connectivity index (χ3v) is 8.48. The Morgan fingerprint density at radius 3 is 2.29 bits per heavy atom. The topological polar surface area (TPSA) is 86.8 Å². The molecule has 38 heavy (non-hydrogen) atoms. The second-order valence-corrected chi connectivity index (χ2v) is 11.6. The van der Waals surface area contributed by atoms with Crippen LogP contribution in [0.3, 0.4) is 0 Å². The standard InChI is InChI=1S/C28H31Cl2N3O4S/c1-4-15-31-28(35)21(3)32(18-22-13-14-25(29)26(30)17-22)27(34)19-33(23-10-8-9-20(2)16-23)38(36,37)24-11-6-5-7-12-24/h5-14,16-17,21H,4,15,18-19H2,1-3H3,(H,31,35)/t21-/m0/s1. The molecule has 0 radical (unpaired) electrons. The number of rotatable bonds is 11. The summed E-state index contributed by atoms with van der Waals surface area (Å²) in [6, 6.07) is 18.9. The van der Waals surface area contributed by atoms with E-state index in [0.717, 1.165) is 16.3 Å².